The highest BCUT2D eigenvalue weighted by molar-refractivity contribution is 7.92. The number of hydrogen-bond donors (Lipinski definition) is 0. The van der Waals surface area contributed by atoms with Gasteiger partial charge in [-0.1, -0.05) is 11.3 Å². The average molecular weight is 462 g/mol. The van der Waals surface area contributed by atoms with E-state index in [0.717, 1.165) is 21.1 Å². The first-order valence-corrected chi connectivity index (χ1v) is 12.2. The summed E-state index contributed by atoms with van der Waals surface area (Å²) in [5.41, 5.74) is 0.907. The molecule has 10 heteroatoms. The van der Waals surface area contributed by atoms with Crippen LogP contribution in [0.2, 0.25) is 0 Å². The minimum Gasteiger partial charge on any atom is -0.497 e. The monoisotopic (exact) mass is 461 g/mol. The second-order valence-electron chi connectivity index (χ2n) is 7.13. The number of hydrogen-bond acceptors (Lipinski definition) is 8. The molecule has 0 N–H and O–H groups in total. The highest BCUT2D eigenvalue weighted by Gasteiger charge is 2.27. The van der Waals surface area contributed by atoms with Crippen LogP contribution in [0.5, 0.6) is 11.5 Å². The molecule has 3 aromatic rings. The molecule has 2 heterocycles. The summed E-state index contributed by atoms with van der Waals surface area (Å²) < 4.78 is 36.6. The molecule has 1 amide bonds. The molecule has 1 saturated heterocycles. The van der Waals surface area contributed by atoms with Gasteiger partial charge in [0, 0.05) is 26.2 Å². The van der Waals surface area contributed by atoms with Gasteiger partial charge >= 0.3 is 0 Å². The second-order valence-corrected chi connectivity index (χ2v) is 10.1. The number of anilines is 1. The molecule has 0 unspecified atom stereocenters. The number of amides is 1. The fourth-order valence-corrected chi connectivity index (χ4v) is 5.69. The Labute approximate surface area is 184 Å². The number of ether oxygens (including phenoxy) is 2. The lowest BCUT2D eigenvalue weighted by atomic mass is 10.3. The van der Waals surface area contributed by atoms with Crippen LogP contribution < -0.4 is 14.4 Å². The van der Waals surface area contributed by atoms with Crippen LogP contribution >= 0.6 is 11.3 Å². The molecule has 164 valence electrons. The molecule has 0 atom stereocenters. The molecule has 2 aromatic carbocycles. The van der Waals surface area contributed by atoms with Crippen LogP contribution in [0.4, 0.5) is 5.13 Å². The summed E-state index contributed by atoms with van der Waals surface area (Å²) in [4.78, 5) is 21.2. The smallest absolute Gasteiger partial charge is 0.238 e. The molecule has 0 radical (unpaired) electrons. The summed E-state index contributed by atoms with van der Waals surface area (Å²) in [5.74, 6) is 0.427. The van der Waals surface area contributed by atoms with Gasteiger partial charge in [-0.3, -0.25) is 4.79 Å². The molecule has 4 rings (SSSR count). The maximum Gasteiger partial charge on any atom is 0.238 e. The Balaban J connectivity index is 1.38. The van der Waals surface area contributed by atoms with Crippen LogP contribution in [-0.2, 0) is 14.6 Å². The number of piperazine rings is 1. The number of sulfone groups is 1. The van der Waals surface area contributed by atoms with Gasteiger partial charge in [0.05, 0.1) is 29.3 Å². The van der Waals surface area contributed by atoms with Gasteiger partial charge in [-0.25, -0.2) is 13.4 Å². The quantitative estimate of drug-likeness (QED) is 0.557. The number of benzene rings is 2. The molecular weight excluding hydrogens is 438 g/mol. The Kier molecular flexibility index (Phi) is 6.01. The van der Waals surface area contributed by atoms with Crippen LogP contribution in [0, 0.1) is 0 Å². The third-order valence-electron chi connectivity index (χ3n) is 5.22. The maximum absolute atomic E-state index is 12.6. The Bertz CT molecular complexity index is 1180. The fraction of sp³-hybridized carbons (Fsp3) is 0.333. The van der Waals surface area contributed by atoms with Gasteiger partial charge in [0.2, 0.25) is 5.91 Å². The van der Waals surface area contributed by atoms with Gasteiger partial charge in [-0.2, -0.15) is 0 Å². The van der Waals surface area contributed by atoms with E-state index in [1.165, 1.54) is 19.2 Å². The Morgan fingerprint density at radius 2 is 1.65 bits per heavy atom. The van der Waals surface area contributed by atoms with E-state index in [-0.39, 0.29) is 10.8 Å². The molecule has 0 aliphatic carbocycles. The Hall–Kier alpha value is -2.85. The van der Waals surface area contributed by atoms with Gasteiger partial charge in [0.25, 0.3) is 0 Å². The molecule has 0 spiro atoms. The van der Waals surface area contributed by atoms with E-state index >= 15 is 0 Å². The van der Waals surface area contributed by atoms with Crippen molar-refractivity contribution in [2.24, 2.45) is 0 Å². The van der Waals surface area contributed by atoms with E-state index in [1.54, 1.807) is 35.5 Å². The number of carbonyl (C=O) groups excluding carboxylic acids is 1. The summed E-state index contributed by atoms with van der Waals surface area (Å²) in [6, 6.07) is 11.8. The van der Waals surface area contributed by atoms with E-state index in [4.69, 9.17) is 9.47 Å². The first-order valence-electron chi connectivity index (χ1n) is 9.74. The van der Waals surface area contributed by atoms with Gasteiger partial charge in [0.15, 0.2) is 15.0 Å². The number of rotatable bonds is 6. The van der Waals surface area contributed by atoms with Crippen molar-refractivity contribution in [2.45, 2.75) is 4.90 Å². The first kappa shape index (κ1) is 21.4. The van der Waals surface area contributed by atoms with Crippen molar-refractivity contribution in [3.05, 3.63) is 42.5 Å². The van der Waals surface area contributed by atoms with E-state index in [1.807, 2.05) is 18.2 Å². The first-order chi connectivity index (χ1) is 14.9. The number of aromatic nitrogens is 1. The van der Waals surface area contributed by atoms with E-state index in [2.05, 4.69) is 9.88 Å². The number of carbonyl (C=O) groups is 1. The number of fused-ring (bicyclic) bond motifs is 1. The zero-order chi connectivity index (χ0) is 22.0. The van der Waals surface area contributed by atoms with Crippen LogP contribution in [0.15, 0.2) is 47.4 Å². The summed E-state index contributed by atoms with van der Waals surface area (Å²) in [6.45, 7) is 2.11. The highest BCUT2D eigenvalue weighted by Crippen LogP contribution is 2.32. The van der Waals surface area contributed by atoms with E-state index < -0.39 is 15.6 Å². The zero-order valence-electron chi connectivity index (χ0n) is 17.3. The number of thiazole rings is 1. The van der Waals surface area contributed by atoms with Crippen LogP contribution in [0.1, 0.15) is 0 Å². The van der Waals surface area contributed by atoms with Crippen molar-refractivity contribution < 1.29 is 22.7 Å². The molecular formula is C21H23N3O5S2. The van der Waals surface area contributed by atoms with Crippen molar-refractivity contribution in [2.75, 3.05) is 51.1 Å². The molecule has 1 aromatic heterocycles. The lowest BCUT2D eigenvalue weighted by molar-refractivity contribution is -0.128. The minimum absolute atomic E-state index is 0.116. The normalized spacial score (nSPS) is 14.6. The molecule has 1 aliphatic heterocycles. The lowest BCUT2D eigenvalue weighted by Crippen LogP contribution is -2.50. The zero-order valence-corrected chi connectivity index (χ0v) is 18.9. The predicted octanol–water partition coefficient (Wildman–Crippen LogP) is 2.44. The Morgan fingerprint density at radius 1 is 1.00 bits per heavy atom. The van der Waals surface area contributed by atoms with E-state index in [9.17, 15) is 13.2 Å². The van der Waals surface area contributed by atoms with Crippen LogP contribution in [0.25, 0.3) is 10.2 Å². The lowest BCUT2D eigenvalue weighted by Gasteiger charge is -2.34. The predicted molar refractivity (Wildman–Crippen MR) is 120 cm³/mol. The van der Waals surface area contributed by atoms with Gasteiger partial charge in [-0.15, -0.1) is 0 Å². The Morgan fingerprint density at radius 3 is 2.29 bits per heavy atom. The van der Waals surface area contributed by atoms with Crippen molar-refractivity contribution in [1.82, 2.24) is 9.88 Å². The van der Waals surface area contributed by atoms with Gasteiger partial charge in [0.1, 0.15) is 17.3 Å². The topological polar surface area (TPSA) is 89.0 Å². The molecule has 0 saturated carbocycles. The maximum atomic E-state index is 12.6. The molecule has 1 aliphatic rings. The van der Waals surface area contributed by atoms with Crippen molar-refractivity contribution in [3.63, 3.8) is 0 Å². The van der Waals surface area contributed by atoms with E-state index in [0.29, 0.717) is 31.9 Å². The fourth-order valence-electron chi connectivity index (χ4n) is 3.42. The summed E-state index contributed by atoms with van der Waals surface area (Å²) in [6.07, 6.45) is 0. The van der Waals surface area contributed by atoms with Gasteiger partial charge < -0.3 is 19.3 Å². The van der Waals surface area contributed by atoms with Gasteiger partial charge in [-0.05, 0) is 42.5 Å². The summed E-state index contributed by atoms with van der Waals surface area (Å²) >= 11 is 1.58. The number of methoxy groups -OCH3 is 2. The van der Waals surface area contributed by atoms with Crippen molar-refractivity contribution >= 4 is 42.4 Å². The summed E-state index contributed by atoms with van der Waals surface area (Å²) in [7, 11) is -0.561. The molecule has 31 heavy (non-hydrogen) atoms. The van der Waals surface area contributed by atoms with Crippen LogP contribution in [-0.4, -0.2) is 70.4 Å². The average Bonchev–Trinajstić information content (AvgIpc) is 3.22. The summed E-state index contributed by atoms with van der Waals surface area (Å²) in [5, 5.41) is 0.890. The van der Waals surface area contributed by atoms with Crippen LogP contribution in [0.3, 0.4) is 0 Å². The standard InChI is InChI=1S/C21H23N3O5S2/c1-28-15-3-6-17(7-4-15)31(26,27)14-20(25)23-9-11-24(12-10-23)21-22-18-8-5-16(29-2)13-19(18)30-21/h3-8,13H,9-12,14H2,1-2H3. The molecule has 8 nitrogen and oxygen atoms in total. The molecule has 1 fully saturated rings. The third kappa shape index (κ3) is 4.59. The second kappa shape index (κ2) is 8.72. The third-order valence-corrected chi connectivity index (χ3v) is 7.92. The van der Waals surface area contributed by atoms with Crippen molar-refractivity contribution in [1.29, 1.82) is 0 Å². The number of nitrogens with zero attached hydrogens (tertiary/aromatic N) is 3. The largest absolute Gasteiger partial charge is 0.497 e. The highest BCUT2D eigenvalue weighted by atomic mass is 32.2. The van der Waals surface area contributed by atoms with Crippen molar-refractivity contribution in [3.8, 4) is 11.5 Å². The molecule has 0 bridgehead atoms. The SMILES string of the molecule is COc1ccc(S(=O)(=O)CC(=O)N2CCN(c3nc4ccc(OC)cc4s3)CC2)cc1. The minimum atomic E-state index is -3.71.